The van der Waals surface area contributed by atoms with Crippen LogP contribution in [0.5, 0.6) is 0 Å². The van der Waals surface area contributed by atoms with E-state index in [1.807, 2.05) is 24.3 Å². The van der Waals surface area contributed by atoms with Gasteiger partial charge in [0.25, 0.3) is 10.0 Å². The highest BCUT2D eigenvalue weighted by atomic mass is 32.2. The first-order chi connectivity index (χ1) is 12.4. The van der Waals surface area contributed by atoms with Crippen molar-refractivity contribution in [3.05, 3.63) is 66.7 Å². The molecule has 0 fully saturated rings. The molecule has 0 aliphatic carbocycles. The number of fused-ring (bicyclic) bond motifs is 1. The van der Waals surface area contributed by atoms with Gasteiger partial charge in [0.15, 0.2) is 0 Å². The van der Waals surface area contributed by atoms with Crippen LogP contribution in [0.2, 0.25) is 0 Å². The van der Waals surface area contributed by atoms with Crippen molar-refractivity contribution in [2.24, 2.45) is 0 Å². The van der Waals surface area contributed by atoms with Crippen LogP contribution in [-0.2, 0) is 10.0 Å². The maximum absolute atomic E-state index is 12.8. The normalized spacial score (nSPS) is 11.2. The van der Waals surface area contributed by atoms with Gasteiger partial charge in [-0.2, -0.15) is 0 Å². The largest absolute Gasteiger partial charge is 0.331 e. The van der Waals surface area contributed by atoms with Crippen molar-refractivity contribution in [1.29, 1.82) is 0 Å². The van der Waals surface area contributed by atoms with Crippen molar-refractivity contribution in [2.75, 3.05) is 24.1 Å². The summed E-state index contributed by atoms with van der Waals surface area (Å²) in [6.07, 6.45) is 0. The van der Waals surface area contributed by atoms with Crippen molar-refractivity contribution in [2.45, 2.75) is 4.90 Å². The highest BCUT2D eigenvalue weighted by Crippen LogP contribution is 2.25. The fraction of sp³-hybridized carbons (Fsp3) is 0.105. The lowest BCUT2D eigenvalue weighted by atomic mass is 10.1. The lowest BCUT2D eigenvalue weighted by Gasteiger charge is -2.13. The first kappa shape index (κ1) is 17.8. The van der Waals surface area contributed by atoms with Gasteiger partial charge in [0, 0.05) is 30.9 Å². The number of sulfonamides is 1. The van der Waals surface area contributed by atoms with Crippen molar-refractivity contribution in [3.63, 3.8) is 0 Å². The van der Waals surface area contributed by atoms with Crippen molar-refractivity contribution in [1.82, 2.24) is 4.90 Å². The van der Waals surface area contributed by atoms with Gasteiger partial charge in [-0.1, -0.05) is 36.4 Å². The first-order valence-corrected chi connectivity index (χ1v) is 9.44. The standard InChI is InChI=1S/C19H19N3O3S/c1-22(2)19(23)20-15-10-12-16(13-11-15)21-26(24,25)18-9-5-7-14-6-3-4-8-17(14)18/h3-13,21H,1-2H3,(H,20,23). The predicted molar refractivity (Wildman–Crippen MR) is 104 cm³/mol. The molecule has 3 aromatic rings. The molecule has 0 aliphatic rings. The summed E-state index contributed by atoms with van der Waals surface area (Å²) in [5, 5.41) is 4.22. The Morgan fingerprint density at radius 3 is 2.15 bits per heavy atom. The average Bonchev–Trinajstić information content (AvgIpc) is 2.62. The molecule has 0 atom stereocenters. The third-order valence-electron chi connectivity index (χ3n) is 3.83. The molecule has 7 heteroatoms. The first-order valence-electron chi connectivity index (χ1n) is 7.96. The summed E-state index contributed by atoms with van der Waals surface area (Å²) >= 11 is 0. The number of hydrogen-bond donors (Lipinski definition) is 2. The number of nitrogens with zero attached hydrogens (tertiary/aromatic N) is 1. The number of carbonyl (C=O) groups excluding carboxylic acids is 1. The van der Waals surface area contributed by atoms with Gasteiger partial charge >= 0.3 is 6.03 Å². The zero-order valence-electron chi connectivity index (χ0n) is 14.4. The summed E-state index contributed by atoms with van der Waals surface area (Å²) in [5.74, 6) is 0. The van der Waals surface area contributed by atoms with Gasteiger partial charge in [0.2, 0.25) is 0 Å². The Morgan fingerprint density at radius 1 is 0.846 bits per heavy atom. The Morgan fingerprint density at radius 2 is 1.46 bits per heavy atom. The van der Waals surface area contributed by atoms with Gasteiger partial charge in [-0.25, -0.2) is 13.2 Å². The van der Waals surface area contributed by atoms with Gasteiger partial charge in [-0.3, -0.25) is 4.72 Å². The smallest absolute Gasteiger partial charge is 0.321 e. The van der Waals surface area contributed by atoms with E-state index >= 15 is 0 Å². The molecule has 0 saturated carbocycles. The van der Waals surface area contributed by atoms with Crippen LogP contribution in [0.25, 0.3) is 10.8 Å². The topological polar surface area (TPSA) is 78.5 Å². The second kappa shape index (κ2) is 7.05. The van der Waals surface area contributed by atoms with Crippen molar-refractivity contribution < 1.29 is 13.2 Å². The number of anilines is 2. The Kier molecular flexibility index (Phi) is 4.81. The lowest BCUT2D eigenvalue weighted by molar-refractivity contribution is 0.230. The Balaban J connectivity index is 1.84. The molecule has 0 saturated heterocycles. The fourth-order valence-corrected chi connectivity index (χ4v) is 3.79. The van der Waals surface area contributed by atoms with E-state index in [2.05, 4.69) is 10.0 Å². The Labute approximate surface area is 152 Å². The van der Waals surface area contributed by atoms with E-state index in [0.29, 0.717) is 16.8 Å². The molecule has 0 aliphatic heterocycles. The van der Waals surface area contributed by atoms with Crippen molar-refractivity contribution in [3.8, 4) is 0 Å². The van der Waals surface area contributed by atoms with Gasteiger partial charge in [0.1, 0.15) is 0 Å². The molecular weight excluding hydrogens is 350 g/mol. The van der Waals surface area contributed by atoms with Crippen LogP contribution in [0.4, 0.5) is 16.2 Å². The maximum Gasteiger partial charge on any atom is 0.321 e. The third-order valence-corrected chi connectivity index (χ3v) is 5.27. The number of rotatable bonds is 4. The average molecular weight is 369 g/mol. The van der Waals surface area contributed by atoms with E-state index in [1.165, 1.54) is 4.90 Å². The molecular formula is C19H19N3O3S. The predicted octanol–water partition coefficient (Wildman–Crippen LogP) is 3.73. The van der Waals surface area contributed by atoms with Gasteiger partial charge < -0.3 is 10.2 Å². The third kappa shape index (κ3) is 3.78. The lowest BCUT2D eigenvalue weighted by Crippen LogP contribution is -2.27. The number of amides is 2. The fourth-order valence-electron chi connectivity index (χ4n) is 2.50. The van der Waals surface area contributed by atoms with E-state index in [-0.39, 0.29) is 10.9 Å². The van der Waals surface area contributed by atoms with Crippen LogP contribution in [0, 0.1) is 0 Å². The molecule has 26 heavy (non-hydrogen) atoms. The monoisotopic (exact) mass is 369 g/mol. The minimum absolute atomic E-state index is 0.223. The second-order valence-corrected chi connectivity index (χ2v) is 7.64. The van der Waals surface area contributed by atoms with E-state index in [1.54, 1.807) is 56.6 Å². The highest BCUT2D eigenvalue weighted by molar-refractivity contribution is 7.93. The minimum atomic E-state index is -3.73. The highest BCUT2D eigenvalue weighted by Gasteiger charge is 2.17. The summed E-state index contributed by atoms with van der Waals surface area (Å²) in [7, 11) is -0.453. The van der Waals surface area contributed by atoms with Crippen LogP contribution in [0.15, 0.2) is 71.6 Å². The zero-order valence-corrected chi connectivity index (χ0v) is 15.2. The molecule has 0 bridgehead atoms. The van der Waals surface area contributed by atoms with E-state index in [9.17, 15) is 13.2 Å². The molecule has 0 radical (unpaired) electrons. The molecule has 3 rings (SSSR count). The molecule has 0 unspecified atom stereocenters. The molecule has 0 aromatic heterocycles. The van der Waals surface area contributed by atoms with Crippen LogP contribution in [0.3, 0.4) is 0 Å². The van der Waals surface area contributed by atoms with Crippen LogP contribution in [0.1, 0.15) is 0 Å². The van der Waals surface area contributed by atoms with Crippen LogP contribution in [-0.4, -0.2) is 33.4 Å². The molecule has 6 nitrogen and oxygen atoms in total. The summed E-state index contributed by atoms with van der Waals surface area (Å²) in [4.78, 5) is 13.3. The summed E-state index contributed by atoms with van der Waals surface area (Å²) < 4.78 is 28.1. The summed E-state index contributed by atoms with van der Waals surface area (Å²) in [6, 6.07) is 18.7. The second-order valence-electron chi connectivity index (χ2n) is 5.98. The maximum atomic E-state index is 12.8. The summed E-state index contributed by atoms with van der Waals surface area (Å²) in [6.45, 7) is 0. The number of urea groups is 1. The number of hydrogen-bond acceptors (Lipinski definition) is 3. The number of nitrogens with one attached hydrogen (secondary N) is 2. The van der Waals surface area contributed by atoms with Crippen LogP contribution < -0.4 is 10.0 Å². The molecule has 2 N–H and O–H groups in total. The number of benzene rings is 3. The van der Waals surface area contributed by atoms with Gasteiger partial charge in [-0.05, 0) is 35.7 Å². The molecule has 2 amide bonds. The van der Waals surface area contributed by atoms with E-state index in [0.717, 1.165) is 5.39 Å². The molecule has 0 spiro atoms. The number of carbonyl (C=O) groups is 1. The Bertz CT molecular complexity index is 1040. The minimum Gasteiger partial charge on any atom is -0.331 e. The van der Waals surface area contributed by atoms with Crippen molar-refractivity contribution >= 4 is 38.2 Å². The molecule has 0 heterocycles. The SMILES string of the molecule is CN(C)C(=O)Nc1ccc(NS(=O)(=O)c2cccc3ccccc23)cc1. The molecule has 134 valence electrons. The summed E-state index contributed by atoms with van der Waals surface area (Å²) in [5.41, 5.74) is 0.998. The zero-order chi connectivity index (χ0) is 18.7. The van der Waals surface area contributed by atoms with Gasteiger partial charge in [0.05, 0.1) is 4.90 Å². The van der Waals surface area contributed by atoms with Crippen LogP contribution >= 0.6 is 0 Å². The molecule has 3 aromatic carbocycles. The van der Waals surface area contributed by atoms with Gasteiger partial charge in [-0.15, -0.1) is 0 Å². The van der Waals surface area contributed by atoms with E-state index < -0.39 is 10.0 Å². The van der Waals surface area contributed by atoms with E-state index in [4.69, 9.17) is 0 Å². The quantitative estimate of drug-likeness (QED) is 0.735. The Hall–Kier alpha value is -3.06.